The van der Waals surface area contributed by atoms with Crippen LogP contribution >= 0.6 is 23.2 Å². The number of nitrogens with one attached hydrogen (secondary N) is 1. The third-order valence-corrected chi connectivity index (χ3v) is 3.38. The molecule has 0 aliphatic heterocycles. The van der Waals surface area contributed by atoms with Gasteiger partial charge in [0.2, 0.25) is 0 Å². The molecule has 2 aromatic rings. The minimum absolute atomic E-state index is 0.280. The Bertz CT molecular complexity index is 604. The SMILES string of the molecule is CNCc1cc(F)ccc1OCc1cc(Cl)ccc1Cl. The van der Waals surface area contributed by atoms with Crippen LogP contribution in [0.25, 0.3) is 0 Å². The number of rotatable bonds is 5. The number of hydrogen-bond donors (Lipinski definition) is 1. The summed E-state index contributed by atoms with van der Waals surface area (Å²) in [5.74, 6) is 0.334. The van der Waals surface area contributed by atoms with Gasteiger partial charge in [-0.3, -0.25) is 0 Å². The molecule has 2 aromatic carbocycles. The van der Waals surface area contributed by atoms with Gasteiger partial charge in [0.15, 0.2) is 0 Å². The standard InChI is InChI=1S/C15H14Cl2FNO/c1-19-8-10-7-13(18)3-5-15(10)20-9-11-6-12(16)2-4-14(11)17/h2-7,19H,8-9H2,1H3. The second-order valence-corrected chi connectivity index (χ2v) is 5.15. The first-order valence-electron chi connectivity index (χ1n) is 6.10. The molecule has 0 unspecified atom stereocenters. The third-order valence-electron chi connectivity index (χ3n) is 2.78. The summed E-state index contributed by atoms with van der Waals surface area (Å²) in [6.45, 7) is 0.804. The Kier molecular flexibility index (Phi) is 5.24. The summed E-state index contributed by atoms with van der Waals surface area (Å²) < 4.78 is 18.9. The van der Waals surface area contributed by atoms with E-state index in [9.17, 15) is 4.39 Å². The molecule has 0 heterocycles. The molecule has 0 aromatic heterocycles. The first kappa shape index (κ1) is 15.1. The van der Waals surface area contributed by atoms with Gasteiger partial charge in [-0.1, -0.05) is 23.2 Å². The lowest BCUT2D eigenvalue weighted by Crippen LogP contribution is -2.08. The zero-order valence-corrected chi connectivity index (χ0v) is 12.4. The summed E-state index contributed by atoms with van der Waals surface area (Å²) >= 11 is 12.0. The highest BCUT2D eigenvalue weighted by Crippen LogP contribution is 2.25. The molecular formula is C15H14Cl2FNO. The van der Waals surface area contributed by atoms with Crippen LogP contribution in [0.1, 0.15) is 11.1 Å². The van der Waals surface area contributed by atoms with Gasteiger partial charge in [-0.15, -0.1) is 0 Å². The van der Waals surface area contributed by atoms with Crippen molar-refractivity contribution >= 4 is 23.2 Å². The van der Waals surface area contributed by atoms with E-state index in [4.69, 9.17) is 27.9 Å². The second kappa shape index (κ2) is 6.93. The maximum Gasteiger partial charge on any atom is 0.124 e. The van der Waals surface area contributed by atoms with Gasteiger partial charge in [0.1, 0.15) is 18.2 Å². The Morgan fingerprint density at radius 2 is 1.90 bits per heavy atom. The molecule has 0 aliphatic rings. The van der Waals surface area contributed by atoms with Gasteiger partial charge in [0.05, 0.1) is 0 Å². The fourth-order valence-corrected chi connectivity index (χ4v) is 2.19. The van der Waals surface area contributed by atoms with Crippen LogP contribution in [0.2, 0.25) is 10.0 Å². The van der Waals surface area contributed by atoms with Gasteiger partial charge < -0.3 is 10.1 Å². The van der Waals surface area contributed by atoms with E-state index in [1.165, 1.54) is 12.1 Å². The first-order valence-corrected chi connectivity index (χ1v) is 6.85. The molecule has 20 heavy (non-hydrogen) atoms. The van der Waals surface area contributed by atoms with Crippen LogP contribution in [0.5, 0.6) is 5.75 Å². The van der Waals surface area contributed by atoms with Crippen molar-refractivity contribution in [3.8, 4) is 5.75 Å². The zero-order valence-electron chi connectivity index (χ0n) is 10.9. The van der Waals surface area contributed by atoms with Crippen LogP contribution in [-0.2, 0) is 13.2 Å². The summed E-state index contributed by atoms with van der Waals surface area (Å²) in [6, 6.07) is 9.63. The summed E-state index contributed by atoms with van der Waals surface area (Å²) in [6.07, 6.45) is 0. The fraction of sp³-hybridized carbons (Fsp3) is 0.200. The normalized spacial score (nSPS) is 10.6. The molecule has 0 saturated heterocycles. The van der Waals surface area contributed by atoms with Crippen LogP contribution in [0.3, 0.4) is 0 Å². The molecule has 5 heteroatoms. The topological polar surface area (TPSA) is 21.3 Å². The van der Waals surface area contributed by atoms with E-state index in [1.807, 2.05) is 0 Å². The maximum atomic E-state index is 13.2. The Morgan fingerprint density at radius 1 is 1.10 bits per heavy atom. The Balaban J connectivity index is 2.16. The quantitative estimate of drug-likeness (QED) is 0.881. The molecule has 0 fully saturated rings. The van der Waals surface area contributed by atoms with Gasteiger partial charge in [0, 0.05) is 27.7 Å². The summed E-state index contributed by atoms with van der Waals surface area (Å²) in [5.41, 5.74) is 1.55. The highest BCUT2D eigenvalue weighted by molar-refractivity contribution is 6.33. The molecule has 0 saturated carbocycles. The number of halogens is 3. The summed E-state index contributed by atoms with van der Waals surface area (Å²) in [5, 5.41) is 4.17. The van der Waals surface area contributed by atoms with Crippen LogP contribution < -0.4 is 10.1 Å². The monoisotopic (exact) mass is 313 g/mol. The molecule has 0 spiro atoms. The van der Waals surface area contributed by atoms with E-state index in [0.29, 0.717) is 22.3 Å². The van der Waals surface area contributed by atoms with Crippen LogP contribution in [0, 0.1) is 5.82 Å². The van der Waals surface area contributed by atoms with Gasteiger partial charge in [-0.25, -0.2) is 4.39 Å². The highest BCUT2D eigenvalue weighted by Gasteiger charge is 2.07. The minimum atomic E-state index is -0.289. The minimum Gasteiger partial charge on any atom is -0.489 e. The molecule has 106 valence electrons. The van der Waals surface area contributed by atoms with Crippen molar-refractivity contribution in [3.05, 3.63) is 63.4 Å². The molecule has 0 aliphatic carbocycles. The molecule has 0 atom stereocenters. The molecule has 0 radical (unpaired) electrons. The molecule has 0 amide bonds. The fourth-order valence-electron chi connectivity index (χ4n) is 1.83. The van der Waals surface area contributed by atoms with E-state index in [2.05, 4.69) is 5.32 Å². The van der Waals surface area contributed by atoms with Crippen molar-refractivity contribution in [2.24, 2.45) is 0 Å². The lowest BCUT2D eigenvalue weighted by molar-refractivity contribution is 0.302. The number of ether oxygens (including phenoxy) is 1. The van der Waals surface area contributed by atoms with Crippen LogP contribution in [0.4, 0.5) is 4.39 Å². The van der Waals surface area contributed by atoms with Crippen molar-refractivity contribution in [2.75, 3.05) is 7.05 Å². The largest absolute Gasteiger partial charge is 0.489 e. The Hall–Kier alpha value is -1.29. The predicted molar refractivity (Wildman–Crippen MR) is 80.0 cm³/mol. The van der Waals surface area contributed by atoms with E-state index < -0.39 is 0 Å². The Morgan fingerprint density at radius 3 is 2.65 bits per heavy atom. The average Bonchev–Trinajstić information content (AvgIpc) is 2.42. The van der Waals surface area contributed by atoms with Gasteiger partial charge in [-0.2, -0.15) is 0 Å². The van der Waals surface area contributed by atoms with Gasteiger partial charge >= 0.3 is 0 Å². The van der Waals surface area contributed by atoms with Gasteiger partial charge in [-0.05, 0) is 43.4 Å². The Labute approximate surface area is 127 Å². The maximum absolute atomic E-state index is 13.2. The van der Waals surface area contributed by atoms with E-state index >= 15 is 0 Å². The molecular weight excluding hydrogens is 300 g/mol. The third kappa shape index (κ3) is 3.85. The molecule has 1 N–H and O–H groups in total. The second-order valence-electron chi connectivity index (χ2n) is 4.31. The lowest BCUT2D eigenvalue weighted by Gasteiger charge is -2.12. The highest BCUT2D eigenvalue weighted by atomic mass is 35.5. The zero-order chi connectivity index (χ0) is 14.5. The van der Waals surface area contributed by atoms with Crippen molar-refractivity contribution in [3.63, 3.8) is 0 Å². The molecule has 0 bridgehead atoms. The van der Waals surface area contributed by atoms with Crippen LogP contribution in [-0.4, -0.2) is 7.05 Å². The van der Waals surface area contributed by atoms with Crippen molar-refractivity contribution in [1.29, 1.82) is 0 Å². The van der Waals surface area contributed by atoms with E-state index in [0.717, 1.165) is 11.1 Å². The number of benzene rings is 2. The van der Waals surface area contributed by atoms with Crippen molar-refractivity contribution in [1.82, 2.24) is 5.32 Å². The van der Waals surface area contributed by atoms with Gasteiger partial charge in [0.25, 0.3) is 0 Å². The number of hydrogen-bond acceptors (Lipinski definition) is 2. The molecule has 2 rings (SSSR count). The van der Waals surface area contributed by atoms with E-state index in [-0.39, 0.29) is 12.4 Å². The van der Waals surface area contributed by atoms with E-state index in [1.54, 1.807) is 31.3 Å². The predicted octanol–water partition coefficient (Wildman–Crippen LogP) is 4.43. The first-order chi connectivity index (χ1) is 9.60. The smallest absolute Gasteiger partial charge is 0.124 e. The molecule has 2 nitrogen and oxygen atoms in total. The van der Waals surface area contributed by atoms with Crippen molar-refractivity contribution < 1.29 is 9.13 Å². The summed E-state index contributed by atoms with van der Waals surface area (Å²) in [7, 11) is 1.79. The van der Waals surface area contributed by atoms with Crippen LogP contribution in [0.15, 0.2) is 36.4 Å². The summed E-state index contributed by atoms with van der Waals surface area (Å²) in [4.78, 5) is 0. The van der Waals surface area contributed by atoms with Crippen molar-refractivity contribution in [2.45, 2.75) is 13.2 Å². The lowest BCUT2D eigenvalue weighted by atomic mass is 10.2. The average molecular weight is 314 g/mol.